The van der Waals surface area contributed by atoms with Gasteiger partial charge in [0.25, 0.3) is 5.19 Å². The van der Waals surface area contributed by atoms with Gasteiger partial charge in [0.1, 0.15) is 5.75 Å². The molecular weight excluding hydrogens is 297 g/mol. The fourth-order valence-electron chi connectivity index (χ4n) is 1.42. The maximum atomic E-state index is 12.4. The van der Waals surface area contributed by atoms with Gasteiger partial charge in [-0.1, -0.05) is 22.5 Å². The summed E-state index contributed by atoms with van der Waals surface area (Å²) < 4.78 is 42.2. The summed E-state index contributed by atoms with van der Waals surface area (Å²) in [5.41, 5.74) is 0.298. The molecular formula is C11H7F3N2O3S. The first-order valence-electron chi connectivity index (χ1n) is 5.20. The molecule has 0 fully saturated rings. The summed E-state index contributed by atoms with van der Waals surface area (Å²) in [6.07, 6.45) is -4.59. The topological polar surface area (TPSA) is 72.3 Å². The average molecular weight is 304 g/mol. The molecule has 0 bridgehead atoms. The molecule has 0 saturated carbocycles. The first-order chi connectivity index (χ1) is 9.29. The molecule has 0 aliphatic heterocycles. The molecule has 1 aromatic carbocycles. The number of alkyl halides is 3. The van der Waals surface area contributed by atoms with Gasteiger partial charge in [0.15, 0.2) is 0 Å². The van der Waals surface area contributed by atoms with Crippen LogP contribution in [-0.2, 0) is 6.18 Å². The third-order valence-electron chi connectivity index (χ3n) is 2.36. The summed E-state index contributed by atoms with van der Waals surface area (Å²) in [5, 5.41) is 13.8. The van der Waals surface area contributed by atoms with Gasteiger partial charge in [0, 0.05) is 5.56 Å². The molecule has 0 aliphatic rings. The smallest absolute Gasteiger partial charge is 0.445 e. The molecule has 0 amide bonds. The van der Waals surface area contributed by atoms with Crippen LogP contribution in [0.15, 0.2) is 18.2 Å². The van der Waals surface area contributed by atoms with E-state index < -0.39 is 17.2 Å². The maximum absolute atomic E-state index is 12.4. The Labute approximate surface area is 114 Å². The Kier molecular flexibility index (Phi) is 3.62. The summed E-state index contributed by atoms with van der Waals surface area (Å²) in [5.74, 6) is -1.03. The zero-order chi connectivity index (χ0) is 14.9. The Hall–Kier alpha value is -2.16. The van der Waals surface area contributed by atoms with Crippen molar-refractivity contribution in [2.45, 2.75) is 13.1 Å². The molecule has 0 saturated heterocycles. The van der Waals surface area contributed by atoms with E-state index in [0.717, 1.165) is 0 Å². The quantitative estimate of drug-likeness (QED) is 0.941. The van der Waals surface area contributed by atoms with E-state index in [1.54, 1.807) is 0 Å². The number of nitrogens with zero attached hydrogens (tertiary/aromatic N) is 2. The van der Waals surface area contributed by atoms with Crippen LogP contribution in [0, 0.1) is 6.92 Å². The van der Waals surface area contributed by atoms with Crippen LogP contribution >= 0.6 is 11.3 Å². The van der Waals surface area contributed by atoms with E-state index in [-0.39, 0.29) is 27.8 Å². The second-order valence-electron chi connectivity index (χ2n) is 3.71. The molecule has 1 heterocycles. The van der Waals surface area contributed by atoms with Gasteiger partial charge in [0.05, 0.1) is 5.56 Å². The van der Waals surface area contributed by atoms with E-state index in [4.69, 9.17) is 9.84 Å². The van der Waals surface area contributed by atoms with Crippen molar-refractivity contribution in [2.24, 2.45) is 0 Å². The van der Waals surface area contributed by atoms with Gasteiger partial charge in [-0.05, 0) is 19.1 Å². The molecule has 106 valence electrons. The number of benzene rings is 1. The highest BCUT2D eigenvalue weighted by molar-refractivity contribution is 7.13. The van der Waals surface area contributed by atoms with Crippen molar-refractivity contribution in [3.63, 3.8) is 0 Å². The molecule has 0 radical (unpaired) electrons. The Bertz CT molecular complexity index is 655. The van der Waals surface area contributed by atoms with Gasteiger partial charge in [-0.2, -0.15) is 13.2 Å². The number of hydrogen-bond acceptors (Lipinski definition) is 5. The van der Waals surface area contributed by atoms with Gasteiger partial charge >= 0.3 is 12.1 Å². The highest BCUT2D eigenvalue weighted by atomic mass is 32.1. The van der Waals surface area contributed by atoms with Gasteiger partial charge in [-0.25, -0.2) is 4.79 Å². The predicted molar refractivity (Wildman–Crippen MR) is 63.1 cm³/mol. The second-order valence-corrected chi connectivity index (χ2v) is 4.65. The van der Waals surface area contributed by atoms with Crippen LogP contribution < -0.4 is 4.74 Å². The summed E-state index contributed by atoms with van der Waals surface area (Å²) in [6, 6.07) is 4.24. The van der Waals surface area contributed by atoms with Crippen LogP contribution in [0.25, 0.3) is 0 Å². The lowest BCUT2D eigenvalue weighted by Gasteiger charge is -2.07. The number of hydrogen-bond donors (Lipinski definition) is 1. The molecule has 1 N–H and O–H groups in total. The standard InChI is InChI=1S/C11H7F3N2O3S/c1-5-6(8(17)18)3-2-4-7(5)19-10-16-15-9(20-10)11(12,13)14/h2-4H,1H3,(H,17,18). The SMILES string of the molecule is Cc1c(Oc2nnc(C(F)(F)F)s2)cccc1C(=O)O. The fourth-order valence-corrected chi connectivity index (χ4v) is 1.99. The minimum absolute atomic E-state index is 0.00283. The maximum Gasteiger partial charge on any atom is 0.445 e. The van der Waals surface area contributed by atoms with Crippen LogP contribution in [0.4, 0.5) is 13.2 Å². The monoisotopic (exact) mass is 304 g/mol. The molecule has 9 heteroatoms. The van der Waals surface area contributed by atoms with E-state index in [1.807, 2.05) is 0 Å². The first-order valence-corrected chi connectivity index (χ1v) is 6.02. The van der Waals surface area contributed by atoms with Gasteiger partial charge < -0.3 is 9.84 Å². The van der Waals surface area contributed by atoms with E-state index in [0.29, 0.717) is 5.56 Å². The largest absolute Gasteiger partial charge is 0.478 e. The second kappa shape index (κ2) is 5.08. The molecule has 2 rings (SSSR count). The predicted octanol–water partition coefficient (Wildman–Crippen LogP) is 3.36. The summed E-state index contributed by atoms with van der Waals surface area (Å²) in [6.45, 7) is 1.49. The molecule has 1 aromatic heterocycles. The average Bonchev–Trinajstić information content (AvgIpc) is 2.80. The van der Waals surface area contributed by atoms with Crippen LogP contribution in [0.3, 0.4) is 0 Å². The fraction of sp³-hybridized carbons (Fsp3) is 0.182. The molecule has 0 atom stereocenters. The Morgan fingerprint density at radius 2 is 2.05 bits per heavy atom. The molecule has 5 nitrogen and oxygen atoms in total. The Morgan fingerprint density at radius 1 is 1.35 bits per heavy atom. The van der Waals surface area contributed by atoms with E-state index in [9.17, 15) is 18.0 Å². The van der Waals surface area contributed by atoms with Gasteiger partial charge in [-0.15, -0.1) is 5.10 Å². The zero-order valence-corrected chi connectivity index (χ0v) is 10.7. The van der Waals surface area contributed by atoms with Crippen molar-refractivity contribution in [1.29, 1.82) is 0 Å². The normalized spacial score (nSPS) is 11.4. The van der Waals surface area contributed by atoms with Gasteiger partial charge in [-0.3, -0.25) is 0 Å². The number of carboxylic acids is 1. The van der Waals surface area contributed by atoms with Crippen molar-refractivity contribution in [3.8, 4) is 10.9 Å². The summed E-state index contributed by atoms with van der Waals surface area (Å²) in [7, 11) is 0. The highest BCUT2D eigenvalue weighted by Crippen LogP contribution is 2.36. The van der Waals surface area contributed by atoms with Crippen molar-refractivity contribution in [2.75, 3.05) is 0 Å². The van der Waals surface area contributed by atoms with Gasteiger partial charge in [0.2, 0.25) is 5.01 Å². The van der Waals surface area contributed by atoms with Crippen molar-refractivity contribution < 1.29 is 27.8 Å². The van der Waals surface area contributed by atoms with Crippen molar-refractivity contribution in [3.05, 3.63) is 34.3 Å². The minimum atomic E-state index is -4.59. The first kappa shape index (κ1) is 14.3. The van der Waals surface area contributed by atoms with E-state index in [2.05, 4.69) is 10.2 Å². The molecule has 2 aromatic rings. The lowest BCUT2D eigenvalue weighted by molar-refractivity contribution is -0.138. The van der Waals surface area contributed by atoms with Crippen LogP contribution in [0.5, 0.6) is 10.9 Å². The summed E-state index contributed by atoms with van der Waals surface area (Å²) >= 11 is 0.241. The third kappa shape index (κ3) is 2.87. The lowest BCUT2D eigenvalue weighted by Crippen LogP contribution is -2.03. The number of ether oxygens (including phenoxy) is 1. The molecule has 0 unspecified atom stereocenters. The number of rotatable bonds is 3. The number of carboxylic acid groups (broad SMARTS) is 1. The van der Waals surface area contributed by atoms with Crippen LogP contribution in [-0.4, -0.2) is 21.3 Å². The number of carbonyl (C=O) groups is 1. The number of halogens is 3. The van der Waals surface area contributed by atoms with Crippen LogP contribution in [0.1, 0.15) is 20.9 Å². The third-order valence-corrected chi connectivity index (χ3v) is 3.21. The van der Waals surface area contributed by atoms with Crippen molar-refractivity contribution >= 4 is 17.3 Å². The Balaban J connectivity index is 2.29. The zero-order valence-electron chi connectivity index (χ0n) is 9.93. The van der Waals surface area contributed by atoms with E-state index in [1.165, 1.54) is 25.1 Å². The molecule has 0 spiro atoms. The number of aromatic nitrogens is 2. The van der Waals surface area contributed by atoms with Crippen molar-refractivity contribution in [1.82, 2.24) is 10.2 Å². The molecule has 20 heavy (non-hydrogen) atoms. The van der Waals surface area contributed by atoms with E-state index >= 15 is 0 Å². The Morgan fingerprint density at radius 3 is 2.60 bits per heavy atom. The highest BCUT2D eigenvalue weighted by Gasteiger charge is 2.36. The van der Waals surface area contributed by atoms with Crippen LogP contribution in [0.2, 0.25) is 0 Å². The summed E-state index contributed by atoms with van der Waals surface area (Å²) in [4.78, 5) is 10.9. The minimum Gasteiger partial charge on any atom is -0.478 e. The lowest BCUT2D eigenvalue weighted by atomic mass is 10.1. The number of aromatic carboxylic acids is 1. The molecule has 0 aliphatic carbocycles.